The number of hydrogen-bond acceptors (Lipinski definition) is 2. The van der Waals surface area contributed by atoms with Crippen molar-refractivity contribution in [3.63, 3.8) is 0 Å². The van der Waals surface area contributed by atoms with Crippen molar-refractivity contribution in [3.8, 4) is 0 Å². The molecular formula is C12H24N2O. The number of carbonyl (C=O) groups excluding carboxylic acids is 1. The van der Waals surface area contributed by atoms with Gasteiger partial charge in [-0.05, 0) is 46.0 Å². The van der Waals surface area contributed by atoms with Crippen LogP contribution in [0, 0.1) is 0 Å². The molecule has 0 unspecified atom stereocenters. The van der Waals surface area contributed by atoms with Gasteiger partial charge in [0.05, 0.1) is 0 Å². The highest BCUT2D eigenvalue weighted by Gasteiger charge is 1.95. The molecule has 3 nitrogen and oxygen atoms in total. The maximum Gasteiger partial charge on any atom is 0.243 e. The van der Waals surface area contributed by atoms with Crippen molar-refractivity contribution in [2.75, 3.05) is 26.7 Å². The van der Waals surface area contributed by atoms with Gasteiger partial charge >= 0.3 is 0 Å². The van der Waals surface area contributed by atoms with Crippen LogP contribution in [0.3, 0.4) is 0 Å². The Hall–Kier alpha value is -0.830. The van der Waals surface area contributed by atoms with E-state index >= 15 is 0 Å². The van der Waals surface area contributed by atoms with Gasteiger partial charge in [0, 0.05) is 6.54 Å². The lowest BCUT2D eigenvalue weighted by Gasteiger charge is -2.12. The summed E-state index contributed by atoms with van der Waals surface area (Å²) >= 11 is 0. The maximum atomic E-state index is 11.0. The molecule has 0 aromatic carbocycles. The second kappa shape index (κ2) is 9.71. The van der Waals surface area contributed by atoms with E-state index in [9.17, 15) is 4.79 Å². The van der Waals surface area contributed by atoms with Crippen LogP contribution >= 0.6 is 0 Å². The van der Waals surface area contributed by atoms with Crippen molar-refractivity contribution in [1.29, 1.82) is 0 Å². The first-order chi connectivity index (χ1) is 7.20. The molecule has 3 heteroatoms. The third kappa shape index (κ3) is 9.47. The Kier molecular flexibility index (Phi) is 9.18. The van der Waals surface area contributed by atoms with Crippen molar-refractivity contribution in [3.05, 3.63) is 12.2 Å². The lowest BCUT2D eigenvalue weighted by Crippen LogP contribution is -2.22. The fraction of sp³-hybridized carbons (Fsp3) is 0.750. The lowest BCUT2D eigenvalue weighted by molar-refractivity contribution is -0.116. The van der Waals surface area contributed by atoms with Crippen LogP contribution in [0.15, 0.2) is 12.2 Å². The van der Waals surface area contributed by atoms with Gasteiger partial charge in [-0.1, -0.05) is 19.4 Å². The van der Waals surface area contributed by atoms with Crippen LogP contribution in [0.4, 0.5) is 0 Å². The summed E-state index contributed by atoms with van der Waals surface area (Å²) in [7, 11) is 2.13. The summed E-state index contributed by atoms with van der Waals surface area (Å²) in [6, 6.07) is 0. The third-order valence-corrected chi connectivity index (χ3v) is 2.37. The average Bonchev–Trinajstić information content (AvgIpc) is 2.23. The van der Waals surface area contributed by atoms with Crippen LogP contribution in [0.5, 0.6) is 0 Å². The van der Waals surface area contributed by atoms with Gasteiger partial charge in [0.15, 0.2) is 0 Å². The molecule has 0 radical (unpaired) electrons. The normalized spacial score (nSPS) is 11.2. The molecule has 1 N–H and O–H groups in total. The fourth-order valence-corrected chi connectivity index (χ4v) is 1.26. The van der Waals surface area contributed by atoms with E-state index in [1.54, 1.807) is 12.2 Å². The summed E-state index contributed by atoms with van der Waals surface area (Å²) in [5, 5.41) is 2.85. The number of rotatable bonds is 8. The second-order valence-corrected chi connectivity index (χ2v) is 3.75. The van der Waals surface area contributed by atoms with Gasteiger partial charge < -0.3 is 10.2 Å². The van der Waals surface area contributed by atoms with Gasteiger partial charge in [0.2, 0.25) is 5.91 Å². The highest BCUT2D eigenvalue weighted by molar-refractivity contribution is 5.87. The molecule has 88 valence electrons. The summed E-state index contributed by atoms with van der Waals surface area (Å²) in [5.74, 6) is 0.0168. The van der Waals surface area contributed by atoms with E-state index in [4.69, 9.17) is 0 Å². The Morgan fingerprint density at radius 3 is 2.67 bits per heavy atom. The number of unbranched alkanes of at least 4 members (excludes halogenated alkanes) is 2. The van der Waals surface area contributed by atoms with Crippen molar-refractivity contribution >= 4 is 5.91 Å². The summed E-state index contributed by atoms with van der Waals surface area (Å²) in [4.78, 5) is 13.3. The van der Waals surface area contributed by atoms with E-state index in [1.165, 1.54) is 12.8 Å². The molecular weight excluding hydrogens is 188 g/mol. The molecule has 0 aliphatic heterocycles. The minimum Gasteiger partial charge on any atom is -0.353 e. The number of amides is 1. The predicted molar refractivity (Wildman–Crippen MR) is 64.8 cm³/mol. The van der Waals surface area contributed by atoms with Crippen molar-refractivity contribution < 1.29 is 4.79 Å². The Bertz CT molecular complexity index is 190. The molecule has 0 aliphatic carbocycles. The van der Waals surface area contributed by atoms with Crippen molar-refractivity contribution in [1.82, 2.24) is 10.2 Å². The molecule has 1 amide bonds. The van der Waals surface area contributed by atoms with Crippen molar-refractivity contribution in [2.45, 2.75) is 33.1 Å². The van der Waals surface area contributed by atoms with Crippen LogP contribution in [0.2, 0.25) is 0 Å². The molecule has 15 heavy (non-hydrogen) atoms. The van der Waals surface area contributed by atoms with Gasteiger partial charge in [-0.15, -0.1) is 0 Å². The zero-order chi connectivity index (χ0) is 11.5. The number of hydrogen-bond donors (Lipinski definition) is 1. The zero-order valence-corrected chi connectivity index (χ0v) is 10.3. The molecule has 0 saturated heterocycles. The Balaban J connectivity index is 3.21. The minimum atomic E-state index is 0.0168. The summed E-state index contributed by atoms with van der Waals surface area (Å²) < 4.78 is 0. The van der Waals surface area contributed by atoms with Crippen LogP contribution in [0.1, 0.15) is 33.1 Å². The molecule has 0 aromatic heterocycles. The average molecular weight is 212 g/mol. The number of allylic oxidation sites excluding steroid dienone is 1. The van der Waals surface area contributed by atoms with Crippen molar-refractivity contribution in [2.24, 2.45) is 0 Å². The Labute approximate surface area is 93.5 Å². The fourth-order valence-electron chi connectivity index (χ4n) is 1.26. The molecule has 0 aliphatic rings. The molecule has 0 bridgehead atoms. The highest BCUT2D eigenvalue weighted by Crippen LogP contribution is 1.96. The van der Waals surface area contributed by atoms with E-state index in [1.807, 2.05) is 6.92 Å². The summed E-state index contributed by atoms with van der Waals surface area (Å²) in [6.45, 7) is 7.06. The van der Waals surface area contributed by atoms with E-state index < -0.39 is 0 Å². The van der Waals surface area contributed by atoms with Crippen LogP contribution in [-0.4, -0.2) is 37.5 Å². The molecule has 0 aromatic rings. The maximum absolute atomic E-state index is 11.0. The highest BCUT2D eigenvalue weighted by atomic mass is 16.1. The number of carbonyl (C=O) groups is 1. The minimum absolute atomic E-state index is 0.0168. The molecule has 0 atom stereocenters. The van der Waals surface area contributed by atoms with Gasteiger partial charge in [0.1, 0.15) is 0 Å². The van der Waals surface area contributed by atoms with E-state index in [0.29, 0.717) is 0 Å². The van der Waals surface area contributed by atoms with E-state index in [2.05, 4.69) is 24.2 Å². The molecule has 0 heterocycles. The second-order valence-electron chi connectivity index (χ2n) is 3.75. The van der Waals surface area contributed by atoms with Crippen LogP contribution in [0.25, 0.3) is 0 Å². The van der Waals surface area contributed by atoms with Gasteiger partial charge in [-0.3, -0.25) is 4.79 Å². The SMILES string of the molecule is C/C=C/C(=O)NCCCCCN(C)CC. The largest absolute Gasteiger partial charge is 0.353 e. The lowest BCUT2D eigenvalue weighted by atomic mass is 10.2. The Morgan fingerprint density at radius 2 is 2.07 bits per heavy atom. The number of nitrogens with one attached hydrogen (secondary N) is 1. The van der Waals surface area contributed by atoms with Gasteiger partial charge in [-0.25, -0.2) is 0 Å². The molecule has 0 fully saturated rings. The number of nitrogens with zero attached hydrogens (tertiary/aromatic N) is 1. The molecule has 0 saturated carbocycles. The monoisotopic (exact) mass is 212 g/mol. The first kappa shape index (κ1) is 14.2. The standard InChI is InChI=1S/C12H24N2O/c1-4-9-12(15)13-10-7-6-8-11-14(3)5-2/h4,9H,5-8,10-11H2,1-3H3,(H,13,15)/b9-4+. The molecule has 0 rings (SSSR count). The van der Waals surface area contributed by atoms with Crippen LogP contribution in [-0.2, 0) is 4.79 Å². The molecule has 0 spiro atoms. The zero-order valence-electron chi connectivity index (χ0n) is 10.3. The first-order valence-corrected chi connectivity index (χ1v) is 5.79. The van der Waals surface area contributed by atoms with E-state index in [-0.39, 0.29) is 5.91 Å². The Morgan fingerprint density at radius 1 is 1.33 bits per heavy atom. The summed E-state index contributed by atoms with van der Waals surface area (Å²) in [5.41, 5.74) is 0. The smallest absolute Gasteiger partial charge is 0.243 e. The first-order valence-electron chi connectivity index (χ1n) is 5.79. The van der Waals surface area contributed by atoms with Crippen LogP contribution < -0.4 is 5.32 Å². The third-order valence-electron chi connectivity index (χ3n) is 2.37. The summed E-state index contributed by atoms with van der Waals surface area (Å²) in [6.07, 6.45) is 6.78. The van der Waals surface area contributed by atoms with Gasteiger partial charge in [-0.2, -0.15) is 0 Å². The predicted octanol–water partition coefficient (Wildman–Crippen LogP) is 1.80. The quantitative estimate of drug-likeness (QED) is 0.491. The topological polar surface area (TPSA) is 32.3 Å². The van der Waals surface area contributed by atoms with E-state index in [0.717, 1.165) is 26.1 Å². The van der Waals surface area contributed by atoms with Gasteiger partial charge in [0.25, 0.3) is 0 Å².